The molecule has 0 radical (unpaired) electrons. The summed E-state index contributed by atoms with van der Waals surface area (Å²) in [6.07, 6.45) is 2.63. The highest BCUT2D eigenvalue weighted by Crippen LogP contribution is 2.27. The van der Waals surface area contributed by atoms with Crippen molar-refractivity contribution in [2.24, 2.45) is 0 Å². The summed E-state index contributed by atoms with van der Waals surface area (Å²) in [7, 11) is -3.44. The number of carbonyl (C=O) groups excluding carboxylic acids is 1. The van der Waals surface area contributed by atoms with Gasteiger partial charge in [0.25, 0.3) is 5.91 Å². The number of amides is 1. The zero-order valence-corrected chi connectivity index (χ0v) is 17.2. The molecule has 0 unspecified atom stereocenters. The normalized spacial score (nSPS) is 11.4. The molecule has 0 aliphatic carbocycles. The molecule has 2 aromatic heterocycles. The van der Waals surface area contributed by atoms with Crippen LogP contribution in [0, 0.1) is 6.92 Å². The summed E-state index contributed by atoms with van der Waals surface area (Å²) in [5, 5.41) is 3.54. The van der Waals surface area contributed by atoms with E-state index in [0.717, 1.165) is 11.8 Å². The number of fused-ring (bicyclic) bond motifs is 1. The number of carbonyl (C=O) groups is 1. The molecule has 1 amide bonds. The van der Waals surface area contributed by atoms with Crippen LogP contribution >= 0.6 is 0 Å². The Labute approximate surface area is 173 Å². The maximum Gasteiger partial charge on any atom is 0.256 e. The molecular weight excluding hydrogens is 402 g/mol. The van der Waals surface area contributed by atoms with E-state index in [1.165, 1.54) is 0 Å². The van der Waals surface area contributed by atoms with Crippen LogP contribution in [0.1, 0.15) is 15.9 Å². The molecule has 0 saturated heterocycles. The van der Waals surface area contributed by atoms with Gasteiger partial charge < -0.3 is 9.73 Å². The third-order valence-electron chi connectivity index (χ3n) is 4.53. The number of benzene rings is 2. The number of anilines is 2. The number of sulfonamides is 1. The average molecular weight is 421 g/mol. The Kier molecular flexibility index (Phi) is 5.01. The third-order valence-corrected chi connectivity index (χ3v) is 5.12. The lowest BCUT2D eigenvalue weighted by Crippen LogP contribution is -2.14. The molecule has 4 rings (SSSR count). The van der Waals surface area contributed by atoms with Gasteiger partial charge in [0.05, 0.1) is 29.3 Å². The number of nitrogens with zero attached hydrogens (tertiary/aromatic N) is 1. The van der Waals surface area contributed by atoms with E-state index in [2.05, 4.69) is 15.0 Å². The van der Waals surface area contributed by atoms with E-state index < -0.39 is 10.0 Å². The molecule has 0 aliphatic rings. The van der Waals surface area contributed by atoms with Gasteiger partial charge in [-0.05, 0) is 48.9 Å². The fourth-order valence-corrected chi connectivity index (χ4v) is 3.74. The second-order valence-electron chi connectivity index (χ2n) is 6.91. The predicted octanol–water partition coefficient (Wildman–Crippen LogP) is 4.43. The number of aryl methyl sites for hydroxylation is 1. The highest BCUT2D eigenvalue weighted by atomic mass is 32.2. The van der Waals surface area contributed by atoms with Gasteiger partial charge in [-0.15, -0.1) is 0 Å². The van der Waals surface area contributed by atoms with E-state index in [4.69, 9.17) is 4.42 Å². The van der Waals surface area contributed by atoms with Crippen molar-refractivity contribution in [2.75, 3.05) is 16.3 Å². The monoisotopic (exact) mass is 421 g/mol. The maximum atomic E-state index is 13.1. The molecule has 0 atom stereocenters. The molecule has 0 aliphatic heterocycles. The lowest BCUT2D eigenvalue weighted by molar-refractivity contribution is 0.102. The lowest BCUT2D eigenvalue weighted by Gasteiger charge is -2.12. The van der Waals surface area contributed by atoms with Crippen molar-refractivity contribution in [3.05, 3.63) is 78.1 Å². The summed E-state index contributed by atoms with van der Waals surface area (Å²) in [5.74, 6) is 0.223. The molecule has 30 heavy (non-hydrogen) atoms. The van der Waals surface area contributed by atoms with Crippen LogP contribution < -0.4 is 10.0 Å². The Morgan fingerprint density at radius 1 is 1.03 bits per heavy atom. The largest absolute Gasteiger partial charge is 0.463 e. The van der Waals surface area contributed by atoms with Crippen molar-refractivity contribution in [1.82, 2.24) is 4.98 Å². The molecule has 152 valence electrons. The van der Waals surface area contributed by atoms with Crippen LogP contribution in [0.4, 0.5) is 11.4 Å². The van der Waals surface area contributed by atoms with Gasteiger partial charge in [-0.2, -0.15) is 0 Å². The fraction of sp³-hybridized carbons (Fsp3) is 0.0909. The smallest absolute Gasteiger partial charge is 0.256 e. The highest BCUT2D eigenvalue weighted by molar-refractivity contribution is 7.92. The van der Waals surface area contributed by atoms with Crippen molar-refractivity contribution in [3.63, 3.8) is 0 Å². The molecule has 0 bridgehead atoms. The van der Waals surface area contributed by atoms with Gasteiger partial charge in [0, 0.05) is 11.1 Å². The number of pyridine rings is 1. The first kappa shape index (κ1) is 19.7. The van der Waals surface area contributed by atoms with Crippen LogP contribution in [0.25, 0.3) is 22.4 Å². The number of aromatic nitrogens is 1. The van der Waals surface area contributed by atoms with E-state index in [0.29, 0.717) is 39.3 Å². The van der Waals surface area contributed by atoms with E-state index in [-0.39, 0.29) is 5.91 Å². The minimum absolute atomic E-state index is 0.337. The van der Waals surface area contributed by atoms with Crippen molar-refractivity contribution < 1.29 is 17.6 Å². The van der Waals surface area contributed by atoms with E-state index in [1.54, 1.807) is 49.6 Å². The SMILES string of the molecule is Cc1ccc(NC(=O)c2cc(-c3ccco3)nc3ccccc23)cc1NS(C)(=O)=O. The molecule has 0 fully saturated rings. The van der Waals surface area contributed by atoms with Gasteiger partial charge in [0.2, 0.25) is 10.0 Å². The fourth-order valence-electron chi connectivity index (χ4n) is 3.12. The van der Waals surface area contributed by atoms with Crippen molar-refractivity contribution in [2.45, 2.75) is 6.92 Å². The number of hydrogen-bond donors (Lipinski definition) is 2. The van der Waals surface area contributed by atoms with Gasteiger partial charge in [-0.3, -0.25) is 9.52 Å². The Morgan fingerprint density at radius 2 is 1.83 bits per heavy atom. The van der Waals surface area contributed by atoms with Gasteiger partial charge >= 0.3 is 0 Å². The predicted molar refractivity (Wildman–Crippen MR) is 117 cm³/mol. The summed E-state index contributed by atoms with van der Waals surface area (Å²) < 4.78 is 31.1. The first-order valence-corrected chi connectivity index (χ1v) is 11.0. The van der Waals surface area contributed by atoms with Crippen LogP contribution in [-0.4, -0.2) is 25.6 Å². The summed E-state index contributed by atoms with van der Waals surface area (Å²) in [6.45, 7) is 1.78. The summed E-state index contributed by atoms with van der Waals surface area (Å²) in [4.78, 5) is 17.7. The molecule has 0 saturated carbocycles. The Balaban J connectivity index is 1.73. The second kappa shape index (κ2) is 7.64. The highest BCUT2D eigenvalue weighted by Gasteiger charge is 2.16. The van der Waals surface area contributed by atoms with Crippen molar-refractivity contribution in [3.8, 4) is 11.5 Å². The topological polar surface area (TPSA) is 101 Å². The summed E-state index contributed by atoms with van der Waals surface area (Å²) in [5.41, 5.74) is 3.27. The molecule has 0 spiro atoms. The maximum absolute atomic E-state index is 13.1. The zero-order chi connectivity index (χ0) is 21.3. The summed E-state index contributed by atoms with van der Waals surface area (Å²) >= 11 is 0. The Morgan fingerprint density at radius 3 is 2.57 bits per heavy atom. The average Bonchev–Trinajstić information content (AvgIpc) is 3.23. The molecule has 2 aromatic carbocycles. The van der Waals surface area contributed by atoms with Gasteiger partial charge in [0.15, 0.2) is 5.76 Å². The number of rotatable bonds is 5. The van der Waals surface area contributed by atoms with Crippen molar-refractivity contribution >= 4 is 38.2 Å². The number of hydrogen-bond acceptors (Lipinski definition) is 5. The molecule has 2 N–H and O–H groups in total. The van der Waals surface area contributed by atoms with Gasteiger partial charge in [-0.1, -0.05) is 24.3 Å². The van der Waals surface area contributed by atoms with Crippen LogP contribution in [0.15, 0.2) is 71.3 Å². The summed E-state index contributed by atoms with van der Waals surface area (Å²) in [6, 6.07) is 17.6. The lowest BCUT2D eigenvalue weighted by atomic mass is 10.1. The van der Waals surface area contributed by atoms with Crippen LogP contribution in [0.5, 0.6) is 0 Å². The van der Waals surface area contributed by atoms with Crippen LogP contribution in [0.3, 0.4) is 0 Å². The van der Waals surface area contributed by atoms with Crippen LogP contribution in [-0.2, 0) is 10.0 Å². The molecular formula is C22H19N3O4S. The zero-order valence-electron chi connectivity index (χ0n) is 16.3. The van der Waals surface area contributed by atoms with E-state index >= 15 is 0 Å². The number of para-hydroxylation sites is 1. The third kappa shape index (κ3) is 4.18. The van der Waals surface area contributed by atoms with Crippen LogP contribution in [0.2, 0.25) is 0 Å². The van der Waals surface area contributed by atoms with Gasteiger partial charge in [-0.25, -0.2) is 13.4 Å². The van der Waals surface area contributed by atoms with E-state index in [1.807, 2.05) is 24.3 Å². The Hall–Kier alpha value is -3.65. The first-order valence-electron chi connectivity index (χ1n) is 9.13. The second-order valence-corrected chi connectivity index (χ2v) is 8.66. The molecule has 2 heterocycles. The molecule has 4 aromatic rings. The number of furan rings is 1. The molecule has 7 nitrogen and oxygen atoms in total. The van der Waals surface area contributed by atoms with Gasteiger partial charge in [0.1, 0.15) is 5.69 Å². The quantitative estimate of drug-likeness (QED) is 0.496. The van der Waals surface area contributed by atoms with E-state index in [9.17, 15) is 13.2 Å². The first-order chi connectivity index (χ1) is 14.3. The number of nitrogens with one attached hydrogen (secondary N) is 2. The van der Waals surface area contributed by atoms with Crippen molar-refractivity contribution in [1.29, 1.82) is 0 Å². The minimum atomic E-state index is -3.44. The standard InChI is InChI=1S/C22H19N3O4S/c1-14-9-10-15(12-19(14)25-30(2,27)28)23-22(26)17-13-20(21-8-5-11-29-21)24-18-7-4-3-6-16(17)18/h3-13,25H,1-2H3,(H,23,26). The Bertz CT molecular complexity index is 1350. The minimum Gasteiger partial charge on any atom is -0.463 e. The molecule has 8 heteroatoms.